The lowest BCUT2D eigenvalue weighted by molar-refractivity contribution is 0.564. The second-order valence-corrected chi connectivity index (χ2v) is 4.43. The first kappa shape index (κ1) is 11.0. The fraction of sp³-hybridized carbons (Fsp3) is 0.0833. The highest BCUT2D eigenvalue weighted by atomic mass is 32.2. The van der Waals surface area contributed by atoms with E-state index in [1.165, 1.54) is 0 Å². The van der Waals surface area contributed by atoms with Crippen LogP contribution in [0.15, 0.2) is 47.6 Å². The number of aromatic nitrogens is 1. The first-order chi connectivity index (χ1) is 7.68. The average molecular weight is 233 g/mol. The lowest BCUT2D eigenvalue weighted by Gasteiger charge is -2.06. The average Bonchev–Trinajstić information content (AvgIpc) is 2.29. The number of pyridine rings is 1. The second-order valence-electron chi connectivity index (χ2n) is 3.50. The van der Waals surface area contributed by atoms with E-state index in [9.17, 15) is 8.76 Å². The Morgan fingerprint density at radius 1 is 1.25 bits per heavy atom. The third-order valence-corrected chi connectivity index (χ3v) is 2.99. The molecule has 0 aliphatic heterocycles. The summed E-state index contributed by atoms with van der Waals surface area (Å²) in [6.07, 6.45) is 3.45. The van der Waals surface area contributed by atoms with Crippen molar-refractivity contribution < 1.29 is 8.76 Å². The van der Waals surface area contributed by atoms with E-state index in [1.54, 1.807) is 24.5 Å². The zero-order chi connectivity index (χ0) is 11.5. The van der Waals surface area contributed by atoms with E-state index in [1.807, 2.05) is 25.1 Å². The molecular weight excluding hydrogens is 222 g/mol. The Kier molecular flexibility index (Phi) is 3.12. The van der Waals surface area contributed by atoms with Crippen molar-refractivity contribution in [1.82, 2.24) is 4.98 Å². The van der Waals surface area contributed by atoms with Gasteiger partial charge in [-0.3, -0.25) is 4.98 Å². The van der Waals surface area contributed by atoms with E-state index in [0.29, 0.717) is 4.90 Å². The highest BCUT2D eigenvalue weighted by Crippen LogP contribution is 2.25. The Labute approximate surface area is 96.5 Å². The van der Waals surface area contributed by atoms with Crippen LogP contribution in [-0.2, 0) is 11.1 Å². The highest BCUT2D eigenvalue weighted by molar-refractivity contribution is 7.79. The Hall–Kier alpha value is -1.52. The van der Waals surface area contributed by atoms with Crippen molar-refractivity contribution in [2.45, 2.75) is 11.8 Å². The van der Waals surface area contributed by atoms with Crippen molar-refractivity contribution in [2.24, 2.45) is 0 Å². The van der Waals surface area contributed by atoms with Crippen molar-refractivity contribution >= 4 is 11.1 Å². The van der Waals surface area contributed by atoms with Crippen LogP contribution in [0.5, 0.6) is 0 Å². The molecule has 3 nitrogen and oxygen atoms in total. The number of benzene rings is 1. The maximum Gasteiger partial charge on any atom is 0.187 e. The third-order valence-electron chi connectivity index (χ3n) is 2.26. The van der Waals surface area contributed by atoms with Crippen molar-refractivity contribution in [3.63, 3.8) is 0 Å². The summed E-state index contributed by atoms with van der Waals surface area (Å²) < 4.78 is 20.4. The molecule has 1 N–H and O–H groups in total. The lowest BCUT2D eigenvalue weighted by Crippen LogP contribution is -1.93. The van der Waals surface area contributed by atoms with Gasteiger partial charge in [0.15, 0.2) is 11.1 Å². The molecule has 82 valence electrons. The van der Waals surface area contributed by atoms with E-state index >= 15 is 0 Å². The fourth-order valence-electron chi connectivity index (χ4n) is 1.56. The van der Waals surface area contributed by atoms with Crippen LogP contribution in [0.4, 0.5) is 0 Å². The summed E-state index contributed by atoms with van der Waals surface area (Å²) in [4.78, 5) is 4.49. The standard InChI is InChI=1S/C12H11NO2S/c1-9-6-10(8-13-7-9)11-4-2-3-5-12(11)16(14)15/h2-8H,1H3,(H,14,15). The van der Waals surface area contributed by atoms with Gasteiger partial charge in [-0.15, -0.1) is 0 Å². The van der Waals surface area contributed by atoms with Gasteiger partial charge in [0, 0.05) is 23.5 Å². The molecule has 0 fully saturated rings. The Morgan fingerprint density at radius 2 is 2.00 bits per heavy atom. The number of hydrogen-bond donors (Lipinski definition) is 1. The van der Waals surface area contributed by atoms with Crippen LogP contribution < -0.4 is 0 Å². The number of aryl methyl sites for hydroxylation is 1. The third kappa shape index (κ3) is 2.18. The monoisotopic (exact) mass is 233 g/mol. The van der Waals surface area contributed by atoms with E-state index in [2.05, 4.69) is 4.98 Å². The minimum Gasteiger partial charge on any atom is -0.302 e. The zero-order valence-corrected chi connectivity index (χ0v) is 9.57. The largest absolute Gasteiger partial charge is 0.302 e. The SMILES string of the molecule is Cc1cncc(-c2ccccc2S(=O)O)c1. The highest BCUT2D eigenvalue weighted by Gasteiger charge is 2.09. The normalized spacial score (nSPS) is 12.4. The topological polar surface area (TPSA) is 50.2 Å². The quantitative estimate of drug-likeness (QED) is 0.811. The van der Waals surface area contributed by atoms with Crippen molar-refractivity contribution in [1.29, 1.82) is 0 Å². The second kappa shape index (κ2) is 4.55. The van der Waals surface area contributed by atoms with E-state index in [-0.39, 0.29) is 0 Å². The van der Waals surface area contributed by atoms with Crippen LogP contribution in [0.3, 0.4) is 0 Å². The summed E-state index contributed by atoms with van der Waals surface area (Å²) in [5.74, 6) is 0. The van der Waals surface area contributed by atoms with Gasteiger partial charge in [-0.25, -0.2) is 4.21 Å². The molecule has 1 atom stereocenters. The molecule has 0 bridgehead atoms. The molecule has 1 aromatic heterocycles. The van der Waals surface area contributed by atoms with Gasteiger partial charge in [-0.2, -0.15) is 0 Å². The number of rotatable bonds is 2. The smallest absolute Gasteiger partial charge is 0.187 e. The van der Waals surface area contributed by atoms with Gasteiger partial charge in [0.1, 0.15) is 0 Å². The van der Waals surface area contributed by atoms with Crippen molar-refractivity contribution in [3.05, 3.63) is 48.3 Å². The minimum atomic E-state index is -1.98. The van der Waals surface area contributed by atoms with E-state index in [4.69, 9.17) is 0 Å². The van der Waals surface area contributed by atoms with Gasteiger partial charge in [-0.1, -0.05) is 18.2 Å². The Bertz CT molecular complexity index is 540. The van der Waals surface area contributed by atoms with Gasteiger partial charge in [0.05, 0.1) is 4.90 Å². The lowest BCUT2D eigenvalue weighted by atomic mass is 10.1. The van der Waals surface area contributed by atoms with E-state index < -0.39 is 11.1 Å². The maximum absolute atomic E-state index is 11.2. The summed E-state index contributed by atoms with van der Waals surface area (Å²) in [5, 5.41) is 0. The molecule has 0 aliphatic carbocycles. The molecule has 2 aromatic rings. The van der Waals surface area contributed by atoms with Gasteiger partial charge in [0.2, 0.25) is 0 Å². The predicted molar refractivity (Wildman–Crippen MR) is 63.4 cm³/mol. The zero-order valence-electron chi connectivity index (χ0n) is 8.75. The maximum atomic E-state index is 11.2. The molecule has 0 amide bonds. The first-order valence-corrected chi connectivity index (χ1v) is 5.91. The van der Waals surface area contributed by atoms with Gasteiger partial charge >= 0.3 is 0 Å². The van der Waals surface area contributed by atoms with E-state index in [0.717, 1.165) is 16.7 Å². The number of hydrogen-bond acceptors (Lipinski definition) is 2. The van der Waals surface area contributed by atoms with Crippen LogP contribution in [-0.4, -0.2) is 13.7 Å². The molecule has 4 heteroatoms. The Morgan fingerprint density at radius 3 is 2.69 bits per heavy atom. The predicted octanol–water partition coefficient (Wildman–Crippen LogP) is 2.64. The van der Waals surface area contributed by atoms with Gasteiger partial charge in [0.25, 0.3) is 0 Å². The molecular formula is C12H11NO2S. The number of nitrogens with zero attached hydrogens (tertiary/aromatic N) is 1. The molecule has 0 saturated carbocycles. The molecule has 1 aromatic carbocycles. The molecule has 2 rings (SSSR count). The van der Waals surface area contributed by atoms with Crippen LogP contribution in [0, 0.1) is 6.92 Å². The molecule has 0 saturated heterocycles. The van der Waals surface area contributed by atoms with Gasteiger partial charge < -0.3 is 4.55 Å². The first-order valence-electron chi connectivity index (χ1n) is 4.80. The van der Waals surface area contributed by atoms with Crippen molar-refractivity contribution in [2.75, 3.05) is 0 Å². The molecule has 16 heavy (non-hydrogen) atoms. The van der Waals surface area contributed by atoms with Gasteiger partial charge in [-0.05, 0) is 24.6 Å². The summed E-state index contributed by atoms with van der Waals surface area (Å²) in [7, 11) is 0. The summed E-state index contributed by atoms with van der Waals surface area (Å²) in [6, 6.07) is 9.00. The fourth-order valence-corrected chi connectivity index (χ4v) is 2.13. The van der Waals surface area contributed by atoms with Crippen LogP contribution in [0.25, 0.3) is 11.1 Å². The van der Waals surface area contributed by atoms with Crippen molar-refractivity contribution in [3.8, 4) is 11.1 Å². The molecule has 0 aliphatic rings. The Balaban J connectivity index is 2.60. The summed E-state index contributed by atoms with van der Waals surface area (Å²) in [6.45, 7) is 1.94. The minimum absolute atomic E-state index is 0.412. The molecule has 1 unspecified atom stereocenters. The molecule has 1 heterocycles. The summed E-state index contributed by atoms with van der Waals surface area (Å²) in [5.41, 5.74) is 2.63. The van der Waals surface area contributed by atoms with Crippen LogP contribution in [0.2, 0.25) is 0 Å². The molecule has 0 spiro atoms. The summed E-state index contributed by atoms with van der Waals surface area (Å²) >= 11 is -1.98. The van der Waals surface area contributed by atoms with Crippen LogP contribution in [0.1, 0.15) is 5.56 Å². The van der Waals surface area contributed by atoms with Crippen LogP contribution >= 0.6 is 0 Å². The molecule has 0 radical (unpaired) electrons.